The summed E-state index contributed by atoms with van der Waals surface area (Å²) in [6.07, 6.45) is 6.29. The Bertz CT molecular complexity index is 512. The van der Waals surface area contributed by atoms with Crippen LogP contribution in [0.4, 0.5) is 0 Å². The summed E-state index contributed by atoms with van der Waals surface area (Å²) in [7, 11) is 1.95. The number of amides is 2. The van der Waals surface area contributed by atoms with Crippen molar-refractivity contribution in [1.29, 1.82) is 0 Å². The second-order valence-electron chi connectivity index (χ2n) is 5.70. The molecule has 0 spiro atoms. The smallest absolute Gasteiger partial charge is 0.245 e. The molecule has 1 saturated heterocycles. The van der Waals surface area contributed by atoms with Crippen LogP contribution in [-0.4, -0.2) is 44.9 Å². The summed E-state index contributed by atoms with van der Waals surface area (Å²) in [6, 6.07) is -0.451. The predicted molar refractivity (Wildman–Crippen MR) is 79.5 cm³/mol. The zero-order valence-corrected chi connectivity index (χ0v) is 13.0. The molecule has 1 aliphatic heterocycles. The quantitative estimate of drug-likeness (QED) is 0.875. The van der Waals surface area contributed by atoms with Gasteiger partial charge in [-0.05, 0) is 13.3 Å². The van der Waals surface area contributed by atoms with E-state index in [1.54, 1.807) is 6.20 Å². The monoisotopic (exact) mass is 292 g/mol. The van der Waals surface area contributed by atoms with Gasteiger partial charge in [-0.25, -0.2) is 4.98 Å². The second-order valence-corrected chi connectivity index (χ2v) is 5.70. The maximum absolute atomic E-state index is 12.6. The van der Waals surface area contributed by atoms with Crippen molar-refractivity contribution in [1.82, 2.24) is 19.8 Å². The van der Waals surface area contributed by atoms with Crippen molar-refractivity contribution in [2.45, 2.75) is 51.6 Å². The van der Waals surface area contributed by atoms with Gasteiger partial charge in [0, 0.05) is 44.9 Å². The van der Waals surface area contributed by atoms with Crippen molar-refractivity contribution in [3.05, 3.63) is 18.2 Å². The van der Waals surface area contributed by atoms with E-state index in [1.807, 2.05) is 36.6 Å². The third kappa shape index (κ3) is 3.62. The lowest BCUT2D eigenvalue weighted by Crippen LogP contribution is -2.47. The molecule has 2 atom stereocenters. The lowest BCUT2D eigenvalue weighted by atomic mass is 10.1. The molecule has 116 valence electrons. The summed E-state index contributed by atoms with van der Waals surface area (Å²) >= 11 is 0. The van der Waals surface area contributed by atoms with E-state index in [4.69, 9.17) is 0 Å². The van der Waals surface area contributed by atoms with E-state index in [2.05, 4.69) is 10.3 Å². The largest absolute Gasteiger partial charge is 0.344 e. The molecule has 0 saturated carbocycles. The van der Waals surface area contributed by atoms with Crippen LogP contribution in [0.15, 0.2) is 12.4 Å². The first kappa shape index (κ1) is 15.5. The molecule has 0 bridgehead atoms. The van der Waals surface area contributed by atoms with Crippen molar-refractivity contribution in [2.75, 3.05) is 6.54 Å². The fraction of sp³-hybridized carbons (Fsp3) is 0.667. The lowest BCUT2D eigenvalue weighted by Gasteiger charge is -2.28. The third-order valence-corrected chi connectivity index (χ3v) is 4.00. The van der Waals surface area contributed by atoms with Crippen molar-refractivity contribution >= 4 is 11.8 Å². The fourth-order valence-corrected chi connectivity index (χ4v) is 2.78. The van der Waals surface area contributed by atoms with Gasteiger partial charge in [-0.2, -0.15) is 0 Å². The topological polar surface area (TPSA) is 67.2 Å². The number of hydrogen-bond donors (Lipinski definition) is 1. The van der Waals surface area contributed by atoms with Gasteiger partial charge in [0.15, 0.2) is 0 Å². The summed E-state index contributed by atoms with van der Waals surface area (Å²) in [5.41, 5.74) is 0. The molecule has 1 N–H and O–H groups in total. The minimum Gasteiger partial charge on any atom is -0.344 e. The molecule has 21 heavy (non-hydrogen) atoms. The molecule has 0 radical (unpaired) electrons. The minimum absolute atomic E-state index is 0.0319. The van der Waals surface area contributed by atoms with Gasteiger partial charge < -0.3 is 14.8 Å². The average molecular weight is 292 g/mol. The van der Waals surface area contributed by atoms with Gasteiger partial charge in [0.25, 0.3) is 0 Å². The van der Waals surface area contributed by atoms with Crippen molar-refractivity contribution in [3.63, 3.8) is 0 Å². The summed E-state index contributed by atoms with van der Waals surface area (Å²) < 4.78 is 1.96. The highest BCUT2D eigenvalue weighted by atomic mass is 16.2. The first-order valence-electron chi connectivity index (χ1n) is 7.59. The van der Waals surface area contributed by atoms with Gasteiger partial charge in [-0.15, -0.1) is 0 Å². The summed E-state index contributed by atoms with van der Waals surface area (Å²) in [6.45, 7) is 4.55. The minimum atomic E-state index is -0.381. The van der Waals surface area contributed by atoms with Crippen LogP contribution in [0.1, 0.15) is 38.9 Å². The number of hydrogen-bond acceptors (Lipinski definition) is 3. The molecule has 2 amide bonds. The number of aromatic nitrogens is 2. The number of carbonyl (C=O) groups is 2. The van der Waals surface area contributed by atoms with Gasteiger partial charge in [-0.1, -0.05) is 13.3 Å². The highest BCUT2D eigenvalue weighted by molar-refractivity contribution is 5.90. The number of nitrogens with zero attached hydrogens (tertiary/aromatic N) is 3. The van der Waals surface area contributed by atoms with E-state index < -0.39 is 0 Å². The summed E-state index contributed by atoms with van der Waals surface area (Å²) in [5.74, 6) is 0.948. The number of imidazole rings is 1. The highest BCUT2D eigenvalue weighted by Crippen LogP contribution is 2.15. The number of carbonyl (C=O) groups excluding carboxylic acids is 2. The Morgan fingerprint density at radius 1 is 1.43 bits per heavy atom. The van der Waals surface area contributed by atoms with Gasteiger partial charge in [-0.3, -0.25) is 9.59 Å². The molecule has 1 aliphatic rings. The average Bonchev–Trinajstić information content (AvgIpc) is 2.79. The van der Waals surface area contributed by atoms with Crippen LogP contribution in [0.5, 0.6) is 0 Å². The Labute approximate surface area is 125 Å². The Morgan fingerprint density at radius 3 is 2.81 bits per heavy atom. The van der Waals surface area contributed by atoms with Crippen molar-refractivity contribution in [3.8, 4) is 0 Å². The maximum atomic E-state index is 12.6. The Kier molecular flexibility index (Phi) is 4.98. The van der Waals surface area contributed by atoms with Gasteiger partial charge in [0.2, 0.25) is 11.8 Å². The molecule has 2 rings (SSSR count). The maximum Gasteiger partial charge on any atom is 0.245 e. The van der Waals surface area contributed by atoms with Crippen LogP contribution in [0.2, 0.25) is 0 Å². The lowest BCUT2D eigenvalue weighted by molar-refractivity contribution is -0.135. The Morgan fingerprint density at radius 2 is 2.19 bits per heavy atom. The van der Waals surface area contributed by atoms with E-state index in [9.17, 15) is 9.59 Å². The number of aryl methyl sites for hydroxylation is 1. The van der Waals surface area contributed by atoms with E-state index in [0.717, 1.165) is 12.2 Å². The van der Waals surface area contributed by atoms with E-state index in [1.165, 1.54) is 0 Å². The molecule has 1 aromatic rings. The van der Waals surface area contributed by atoms with Gasteiger partial charge >= 0.3 is 0 Å². The first-order valence-corrected chi connectivity index (χ1v) is 7.59. The van der Waals surface area contributed by atoms with E-state index in [-0.39, 0.29) is 23.9 Å². The van der Waals surface area contributed by atoms with Gasteiger partial charge in [0.1, 0.15) is 11.9 Å². The highest BCUT2D eigenvalue weighted by Gasteiger charge is 2.33. The number of nitrogens with one attached hydrogen (secondary N) is 1. The molecule has 1 fully saturated rings. The fourth-order valence-electron chi connectivity index (χ4n) is 2.78. The Balaban J connectivity index is 2.08. The Hall–Kier alpha value is -1.85. The standard InChI is InChI=1S/C15H24N4O2/c1-4-5-12-15(21)19(11(2)10-14(20)17-12)8-6-13-16-7-9-18(13)3/h7,9,11-12H,4-6,8,10H2,1-3H3,(H,17,20). The molecular weight excluding hydrogens is 268 g/mol. The van der Waals surface area contributed by atoms with Gasteiger partial charge in [0.05, 0.1) is 0 Å². The van der Waals surface area contributed by atoms with E-state index >= 15 is 0 Å². The first-order chi connectivity index (χ1) is 10.0. The normalized spacial score (nSPS) is 23.1. The number of rotatable bonds is 5. The van der Waals surface area contributed by atoms with Crippen LogP contribution in [0.3, 0.4) is 0 Å². The predicted octanol–water partition coefficient (Wildman–Crippen LogP) is 0.868. The molecule has 0 aliphatic carbocycles. The second kappa shape index (κ2) is 6.74. The van der Waals surface area contributed by atoms with E-state index in [0.29, 0.717) is 25.8 Å². The molecule has 2 heterocycles. The van der Waals surface area contributed by atoms with Crippen molar-refractivity contribution < 1.29 is 9.59 Å². The van der Waals surface area contributed by atoms with Crippen LogP contribution in [-0.2, 0) is 23.1 Å². The third-order valence-electron chi connectivity index (χ3n) is 4.00. The molecule has 2 unspecified atom stereocenters. The van der Waals surface area contributed by atoms with Crippen molar-refractivity contribution in [2.24, 2.45) is 7.05 Å². The zero-order valence-electron chi connectivity index (χ0n) is 13.0. The summed E-state index contributed by atoms with van der Waals surface area (Å²) in [5, 5.41) is 2.84. The molecule has 6 nitrogen and oxygen atoms in total. The van der Waals surface area contributed by atoms with Crippen LogP contribution in [0, 0.1) is 0 Å². The van der Waals surface area contributed by atoms with Crippen LogP contribution >= 0.6 is 0 Å². The zero-order chi connectivity index (χ0) is 15.4. The molecular formula is C15H24N4O2. The molecule has 6 heteroatoms. The molecule has 0 aromatic carbocycles. The molecule has 1 aromatic heterocycles. The van der Waals surface area contributed by atoms with Crippen LogP contribution < -0.4 is 5.32 Å². The van der Waals surface area contributed by atoms with Crippen LogP contribution in [0.25, 0.3) is 0 Å². The summed E-state index contributed by atoms with van der Waals surface area (Å²) in [4.78, 5) is 30.6. The SMILES string of the molecule is CCCC1NC(=O)CC(C)N(CCc2nccn2C)C1=O.